The Bertz CT molecular complexity index is 838. The fourth-order valence-electron chi connectivity index (χ4n) is 2.78. The number of nitrogens with one attached hydrogen (secondary N) is 1. The highest BCUT2D eigenvalue weighted by Crippen LogP contribution is 2.20. The van der Waals surface area contributed by atoms with Crippen LogP contribution in [0.2, 0.25) is 0 Å². The predicted octanol–water partition coefficient (Wildman–Crippen LogP) is 1.66. The van der Waals surface area contributed by atoms with Gasteiger partial charge in [-0.1, -0.05) is 6.07 Å². The van der Waals surface area contributed by atoms with Crippen molar-refractivity contribution in [3.8, 4) is 0 Å². The van der Waals surface area contributed by atoms with Gasteiger partial charge in [-0.25, -0.2) is 13.2 Å². The van der Waals surface area contributed by atoms with Gasteiger partial charge < -0.3 is 15.0 Å². The Balaban J connectivity index is 1.90. The topological polar surface area (TPSA) is 96.0 Å². The Morgan fingerprint density at radius 1 is 1.07 bits per heavy atom. The molecular weight excluding hydrogens is 382 g/mol. The minimum absolute atomic E-state index is 0.182. The monoisotopic (exact) mass is 411 g/mol. The van der Waals surface area contributed by atoms with Crippen LogP contribution in [-0.2, 0) is 19.6 Å². The molecule has 1 aliphatic heterocycles. The van der Waals surface area contributed by atoms with E-state index in [9.17, 15) is 18.0 Å². The molecule has 0 bridgehead atoms. The van der Waals surface area contributed by atoms with Crippen molar-refractivity contribution in [3.05, 3.63) is 29.3 Å². The van der Waals surface area contributed by atoms with E-state index >= 15 is 0 Å². The highest BCUT2D eigenvalue weighted by molar-refractivity contribution is 7.89. The summed E-state index contributed by atoms with van der Waals surface area (Å²) in [6.07, 6.45) is -0.656. The summed E-state index contributed by atoms with van der Waals surface area (Å²) >= 11 is 0. The van der Waals surface area contributed by atoms with E-state index in [4.69, 9.17) is 4.74 Å². The molecule has 1 saturated heterocycles. The Hall–Kier alpha value is -2.13. The Morgan fingerprint density at radius 3 is 2.21 bits per heavy atom. The van der Waals surface area contributed by atoms with Crippen molar-refractivity contribution in [1.82, 2.24) is 14.5 Å². The molecule has 0 saturated carbocycles. The highest BCUT2D eigenvalue weighted by atomic mass is 32.2. The Morgan fingerprint density at radius 2 is 1.68 bits per heavy atom. The number of carbonyl (C=O) groups is 2. The molecule has 156 valence electrons. The highest BCUT2D eigenvalue weighted by Gasteiger charge is 2.30. The van der Waals surface area contributed by atoms with Gasteiger partial charge in [0.25, 0.3) is 0 Å². The first-order valence-corrected chi connectivity index (χ1v) is 10.7. The zero-order chi connectivity index (χ0) is 21.1. The van der Waals surface area contributed by atoms with Crippen molar-refractivity contribution in [2.24, 2.45) is 0 Å². The van der Waals surface area contributed by atoms with Crippen molar-refractivity contribution in [2.45, 2.75) is 45.1 Å². The number of benzene rings is 1. The number of hydrogen-bond acceptors (Lipinski definition) is 5. The second kappa shape index (κ2) is 8.48. The molecular formula is C19H29N3O5S. The summed E-state index contributed by atoms with van der Waals surface area (Å²) in [5.74, 6) is -0.269. The van der Waals surface area contributed by atoms with Crippen LogP contribution in [0.15, 0.2) is 23.1 Å². The second-order valence-corrected chi connectivity index (χ2v) is 9.82. The van der Waals surface area contributed by atoms with Crippen molar-refractivity contribution in [1.29, 1.82) is 0 Å². The van der Waals surface area contributed by atoms with Gasteiger partial charge in [-0.05, 0) is 57.9 Å². The fraction of sp³-hybridized carbons (Fsp3) is 0.579. The predicted molar refractivity (Wildman–Crippen MR) is 105 cm³/mol. The maximum atomic E-state index is 12.8. The largest absolute Gasteiger partial charge is 0.444 e. The van der Waals surface area contributed by atoms with E-state index in [0.717, 1.165) is 11.1 Å². The standard InChI is InChI=1S/C19H29N3O5S/c1-14-6-7-16(12-15(14)2)28(25,26)22-10-8-21(9-11-22)17(23)13-20-18(24)27-19(3,4)5/h6-7,12H,8-11,13H2,1-5H3,(H,20,24). The minimum atomic E-state index is -3.59. The quantitative estimate of drug-likeness (QED) is 0.813. The number of alkyl carbamates (subject to hydrolysis) is 1. The third-order valence-electron chi connectivity index (χ3n) is 4.49. The Kier molecular flexibility index (Phi) is 6.71. The van der Waals surface area contributed by atoms with Crippen LogP contribution in [0.25, 0.3) is 0 Å². The molecule has 0 aromatic heterocycles. The molecule has 2 amide bonds. The zero-order valence-corrected chi connectivity index (χ0v) is 17.9. The summed E-state index contributed by atoms with van der Waals surface area (Å²) in [6, 6.07) is 5.08. The number of hydrogen-bond donors (Lipinski definition) is 1. The lowest BCUT2D eigenvalue weighted by molar-refractivity contribution is -0.131. The van der Waals surface area contributed by atoms with Gasteiger partial charge >= 0.3 is 6.09 Å². The molecule has 0 atom stereocenters. The zero-order valence-electron chi connectivity index (χ0n) is 17.1. The van der Waals surface area contributed by atoms with Crippen LogP contribution in [0, 0.1) is 13.8 Å². The van der Waals surface area contributed by atoms with Gasteiger partial charge in [0.1, 0.15) is 12.1 Å². The minimum Gasteiger partial charge on any atom is -0.444 e. The first-order chi connectivity index (χ1) is 12.9. The number of piperazine rings is 1. The van der Waals surface area contributed by atoms with E-state index < -0.39 is 21.7 Å². The first-order valence-electron chi connectivity index (χ1n) is 9.22. The van der Waals surface area contributed by atoms with Crippen LogP contribution in [0.5, 0.6) is 0 Å². The van der Waals surface area contributed by atoms with Crippen LogP contribution in [-0.4, -0.2) is 67.9 Å². The van der Waals surface area contributed by atoms with E-state index in [0.29, 0.717) is 0 Å². The lowest BCUT2D eigenvalue weighted by atomic mass is 10.1. The number of amides is 2. The molecule has 2 rings (SSSR count). The summed E-state index contributed by atoms with van der Waals surface area (Å²) < 4.78 is 32.1. The van der Waals surface area contributed by atoms with Gasteiger partial charge in [-0.2, -0.15) is 4.31 Å². The van der Waals surface area contributed by atoms with Gasteiger partial charge in [-0.3, -0.25) is 4.79 Å². The molecule has 28 heavy (non-hydrogen) atoms. The molecule has 8 nitrogen and oxygen atoms in total. The van der Waals surface area contributed by atoms with Crippen molar-refractivity contribution in [3.63, 3.8) is 0 Å². The Labute approximate surface area is 166 Å². The number of ether oxygens (including phenoxy) is 1. The van der Waals surface area contributed by atoms with Crippen molar-refractivity contribution < 1.29 is 22.7 Å². The number of nitrogens with zero attached hydrogens (tertiary/aromatic N) is 2. The van der Waals surface area contributed by atoms with Crippen LogP contribution in [0.3, 0.4) is 0 Å². The summed E-state index contributed by atoms with van der Waals surface area (Å²) in [5, 5.41) is 2.43. The number of carbonyl (C=O) groups excluding carboxylic acids is 2. The molecule has 1 fully saturated rings. The molecule has 9 heteroatoms. The molecule has 0 radical (unpaired) electrons. The van der Waals surface area contributed by atoms with Crippen LogP contribution in [0.4, 0.5) is 4.79 Å². The molecule has 0 unspecified atom stereocenters. The average molecular weight is 412 g/mol. The van der Waals surface area contributed by atoms with Gasteiger partial charge in [0, 0.05) is 26.2 Å². The molecule has 0 spiro atoms. The third-order valence-corrected chi connectivity index (χ3v) is 6.38. The normalized spacial score (nSPS) is 16.0. The van der Waals surface area contributed by atoms with Gasteiger partial charge in [0.05, 0.1) is 4.90 Å². The first kappa shape index (κ1) is 22.2. The lowest BCUT2D eigenvalue weighted by Gasteiger charge is -2.34. The van der Waals surface area contributed by atoms with Crippen molar-refractivity contribution in [2.75, 3.05) is 32.7 Å². The SMILES string of the molecule is Cc1ccc(S(=O)(=O)N2CCN(C(=O)CNC(=O)OC(C)(C)C)CC2)cc1C. The summed E-state index contributed by atoms with van der Waals surface area (Å²) in [5.41, 5.74) is 1.32. The van der Waals surface area contributed by atoms with Crippen LogP contribution < -0.4 is 5.32 Å². The third kappa shape index (κ3) is 5.68. The van der Waals surface area contributed by atoms with Gasteiger partial charge in [-0.15, -0.1) is 0 Å². The maximum absolute atomic E-state index is 12.8. The average Bonchev–Trinajstić information content (AvgIpc) is 2.60. The molecule has 1 aromatic rings. The number of aryl methyl sites for hydroxylation is 2. The second-order valence-electron chi connectivity index (χ2n) is 7.89. The van der Waals surface area contributed by atoms with E-state index in [1.165, 1.54) is 4.31 Å². The molecule has 1 aliphatic rings. The summed E-state index contributed by atoms with van der Waals surface area (Å²) in [6.45, 7) is 9.83. The number of rotatable bonds is 4. The summed E-state index contributed by atoms with van der Waals surface area (Å²) in [4.78, 5) is 25.7. The van der Waals surface area contributed by atoms with E-state index in [2.05, 4.69) is 5.32 Å². The smallest absolute Gasteiger partial charge is 0.408 e. The van der Waals surface area contributed by atoms with E-state index in [1.54, 1.807) is 43.9 Å². The van der Waals surface area contributed by atoms with Crippen LogP contribution in [0.1, 0.15) is 31.9 Å². The lowest BCUT2D eigenvalue weighted by Crippen LogP contribution is -2.52. The molecule has 0 aliphatic carbocycles. The van der Waals surface area contributed by atoms with Gasteiger partial charge in [0.15, 0.2) is 0 Å². The van der Waals surface area contributed by atoms with E-state index in [1.807, 2.05) is 13.8 Å². The molecule has 1 aromatic carbocycles. The maximum Gasteiger partial charge on any atom is 0.408 e. The summed E-state index contributed by atoms with van der Waals surface area (Å²) in [7, 11) is -3.59. The van der Waals surface area contributed by atoms with E-state index in [-0.39, 0.29) is 43.5 Å². The van der Waals surface area contributed by atoms with Crippen LogP contribution >= 0.6 is 0 Å². The molecule has 1 N–H and O–H groups in total. The molecule has 1 heterocycles. The van der Waals surface area contributed by atoms with Gasteiger partial charge in [0.2, 0.25) is 15.9 Å². The van der Waals surface area contributed by atoms with Crippen molar-refractivity contribution >= 4 is 22.0 Å². The number of sulfonamides is 1. The fourth-order valence-corrected chi connectivity index (χ4v) is 4.28.